The van der Waals surface area contributed by atoms with Crippen LogP contribution in [0.2, 0.25) is 10.0 Å². The number of halogens is 3. The van der Waals surface area contributed by atoms with Gasteiger partial charge in [-0.15, -0.1) is 0 Å². The summed E-state index contributed by atoms with van der Waals surface area (Å²) < 4.78 is 24.3. The maximum atomic E-state index is 13.1. The van der Waals surface area contributed by atoms with E-state index in [0.29, 0.717) is 24.6 Å². The topological polar surface area (TPSA) is 45.9 Å². The van der Waals surface area contributed by atoms with Gasteiger partial charge in [-0.25, -0.2) is 4.39 Å². The van der Waals surface area contributed by atoms with Gasteiger partial charge in [0, 0.05) is 37.7 Å². The average Bonchev–Trinajstić information content (AvgIpc) is 3.24. The second kappa shape index (κ2) is 9.73. The Bertz CT molecular complexity index is 1050. The maximum absolute atomic E-state index is 13.1. The van der Waals surface area contributed by atoms with E-state index >= 15 is 0 Å². The summed E-state index contributed by atoms with van der Waals surface area (Å²) in [6.07, 6.45) is 0. The summed E-state index contributed by atoms with van der Waals surface area (Å²) in [5.74, 6) is 0.540. The van der Waals surface area contributed by atoms with E-state index in [0.717, 1.165) is 24.7 Å². The molecule has 1 fully saturated rings. The zero-order valence-electron chi connectivity index (χ0n) is 16.7. The fourth-order valence-corrected chi connectivity index (χ4v) is 3.77. The number of piperazine rings is 1. The van der Waals surface area contributed by atoms with Crippen LogP contribution < -0.4 is 4.74 Å². The highest BCUT2D eigenvalue weighted by Crippen LogP contribution is 2.26. The summed E-state index contributed by atoms with van der Waals surface area (Å²) in [5, 5.41) is 0.905. The Balaban J connectivity index is 1.28. The molecule has 0 unspecified atom stereocenters. The van der Waals surface area contributed by atoms with Crippen molar-refractivity contribution in [3.8, 4) is 5.75 Å². The normalized spacial score (nSPS) is 14.6. The molecule has 1 aromatic heterocycles. The van der Waals surface area contributed by atoms with Crippen LogP contribution in [-0.4, -0.2) is 41.9 Å². The molecule has 0 aliphatic carbocycles. The molecule has 4 rings (SSSR count). The van der Waals surface area contributed by atoms with E-state index in [1.54, 1.807) is 17.0 Å². The summed E-state index contributed by atoms with van der Waals surface area (Å²) in [4.78, 5) is 16.9. The van der Waals surface area contributed by atoms with Crippen LogP contribution in [0.5, 0.6) is 5.75 Å². The smallest absolute Gasteiger partial charge is 0.289 e. The van der Waals surface area contributed by atoms with Crippen molar-refractivity contribution in [3.05, 3.63) is 87.5 Å². The number of benzene rings is 2. The lowest BCUT2D eigenvalue weighted by molar-refractivity contribution is 0.0594. The second-order valence-electron chi connectivity index (χ2n) is 7.32. The summed E-state index contributed by atoms with van der Waals surface area (Å²) in [6.45, 7) is 3.75. The number of carbonyl (C=O) groups excluding carboxylic acids is 1. The molecule has 5 nitrogen and oxygen atoms in total. The molecule has 1 aliphatic rings. The molecule has 0 spiro atoms. The fourth-order valence-electron chi connectivity index (χ4n) is 3.42. The molecule has 8 heteroatoms. The molecule has 162 valence electrons. The van der Waals surface area contributed by atoms with Crippen molar-refractivity contribution in [3.63, 3.8) is 0 Å². The van der Waals surface area contributed by atoms with Gasteiger partial charge in [-0.2, -0.15) is 0 Å². The molecule has 31 heavy (non-hydrogen) atoms. The van der Waals surface area contributed by atoms with Gasteiger partial charge in [0.2, 0.25) is 0 Å². The van der Waals surface area contributed by atoms with E-state index in [1.807, 2.05) is 24.3 Å². The Hall–Kier alpha value is -2.54. The van der Waals surface area contributed by atoms with Gasteiger partial charge in [0.1, 0.15) is 23.9 Å². The maximum Gasteiger partial charge on any atom is 0.289 e. The largest absolute Gasteiger partial charge is 0.484 e. The minimum Gasteiger partial charge on any atom is -0.484 e. The number of hydrogen-bond acceptors (Lipinski definition) is 4. The Morgan fingerprint density at radius 1 is 1.00 bits per heavy atom. The highest BCUT2D eigenvalue weighted by molar-refractivity contribution is 6.32. The third-order valence-corrected chi connectivity index (χ3v) is 5.66. The molecule has 0 saturated carbocycles. The number of rotatable bonds is 6. The van der Waals surface area contributed by atoms with Gasteiger partial charge in [0.05, 0.1) is 5.02 Å². The lowest BCUT2D eigenvalue weighted by Gasteiger charge is -2.34. The highest BCUT2D eigenvalue weighted by Gasteiger charge is 2.24. The minimum absolute atomic E-state index is 0.0908. The molecule has 1 amide bonds. The molecular formula is C23H21Cl2FN2O3. The fraction of sp³-hybridized carbons (Fsp3) is 0.261. The first kappa shape index (κ1) is 21.7. The molecule has 1 aliphatic heterocycles. The Morgan fingerprint density at radius 3 is 2.45 bits per heavy atom. The van der Waals surface area contributed by atoms with Crippen molar-refractivity contribution in [1.29, 1.82) is 0 Å². The number of amides is 1. The van der Waals surface area contributed by atoms with Gasteiger partial charge in [0.25, 0.3) is 5.91 Å². The number of hydrogen-bond donors (Lipinski definition) is 0. The Morgan fingerprint density at radius 2 is 1.74 bits per heavy atom. The minimum atomic E-state index is -0.434. The first-order valence-corrected chi connectivity index (χ1v) is 10.7. The van der Waals surface area contributed by atoms with Crippen LogP contribution in [0.15, 0.2) is 59.0 Å². The summed E-state index contributed by atoms with van der Waals surface area (Å²) >= 11 is 11.9. The third-order valence-electron chi connectivity index (χ3n) is 5.12. The summed E-state index contributed by atoms with van der Waals surface area (Å²) in [5.41, 5.74) is 1.20. The van der Waals surface area contributed by atoms with Gasteiger partial charge in [-0.3, -0.25) is 9.69 Å². The standard InChI is InChI=1S/C23H21Cl2FN2O3/c24-17-3-1-16(2-4-17)14-27-9-11-28(12-10-27)23(29)22-8-6-19(31-22)15-30-21-7-5-18(26)13-20(21)25/h1-8,13H,9-12,14-15H2. The van der Waals surface area contributed by atoms with Gasteiger partial charge < -0.3 is 14.1 Å². The van der Waals surface area contributed by atoms with Crippen molar-refractivity contribution in [1.82, 2.24) is 9.80 Å². The predicted molar refractivity (Wildman–Crippen MR) is 117 cm³/mol. The molecule has 0 bridgehead atoms. The van der Waals surface area contributed by atoms with Gasteiger partial charge in [0.15, 0.2) is 5.76 Å². The van der Waals surface area contributed by atoms with E-state index in [-0.39, 0.29) is 23.3 Å². The first-order valence-electron chi connectivity index (χ1n) is 9.90. The second-order valence-corrected chi connectivity index (χ2v) is 8.17. The number of nitrogens with zero attached hydrogens (tertiary/aromatic N) is 2. The molecular weight excluding hydrogens is 442 g/mol. The van der Waals surface area contributed by atoms with Crippen molar-refractivity contribution < 1.29 is 18.3 Å². The lowest BCUT2D eigenvalue weighted by Crippen LogP contribution is -2.48. The zero-order chi connectivity index (χ0) is 21.8. The van der Waals surface area contributed by atoms with E-state index in [4.69, 9.17) is 32.4 Å². The van der Waals surface area contributed by atoms with Gasteiger partial charge in [-0.05, 0) is 48.0 Å². The molecule has 1 saturated heterocycles. The average molecular weight is 463 g/mol. The van der Waals surface area contributed by atoms with Gasteiger partial charge >= 0.3 is 0 Å². The van der Waals surface area contributed by atoms with Crippen LogP contribution in [0, 0.1) is 5.82 Å². The van der Waals surface area contributed by atoms with Crippen molar-refractivity contribution in [2.24, 2.45) is 0 Å². The van der Waals surface area contributed by atoms with Crippen LogP contribution in [-0.2, 0) is 13.2 Å². The summed E-state index contributed by atoms with van der Waals surface area (Å²) in [6, 6.07) is 15.1. The molecule has 0 N–H and O–H groups in total. The Kier molecular flexibility index (Phi) is 6.80. The lowest BCUT2D eigenvalue weighted by atomic mass is 10.2. The van der Waals surface area contributed by atoms with E-state index < -0.39 is 5.82 Å². The first-order chi connectivity index (χ1) is 15.0. The molecule has 0 atom stereocenters. The zero-order valence-corrected chi connectivity index (χ0v) is 18.2. The third kappa shape index (κ3) is 5.58. The van der Waals surface area contributed by atoms with Crippen LogP contribution >= 0.6 is 23.2 Å². The molecule has 3 aromatic rings. The SMILES string of the molecule is O=C(c1ccc(COc2ccc(F)cc2Cl)o1)N1CCN(Cc2ccc(Cl)cc2)CC1. The molecule has 2 heterocycles. The molecule has 2 aromatic carbocycles. The van der Waals surface area contributed by atoms with Crippen LogP contribution in [0.1, 0.15) is 21.9 Å². The molecule has 0 radical (unpaired) electrons. The number of ether oxygens (including phenoxy) is 1. The van der Waals surface area contributed by atoms with E-state index in [1.165, 1.54) is 23.8 Å². The van der Waals surface area contributed by atoms with Crippen LogP contribution in [0.4, 0.5) is 4.39 Å². The van der Waals surface area contributed by atoms with E-state index in [9.17, 15) is 9.18 Å². The number of furan rings is 1. The number of carbonyl (C=O) groups is 1. The van der Waals surface area contributed by atoms with Crippen molar-refractivity contribution in [2.75, 3.05) is 26.2 Å². The van der Waals surface area contributed by atoms with Crippen molar-refractivity contribution >= 4 is 29.1 Å². The monoisotopic (exact) mass is 462 g/mol. The highest BCUT2D eigenvalue weighted by atomic mass is 35.5. The Labute approximate surface area is 189 Å². The van der Waals surface area contributed by atoms with Gasteiger partial charge in [-0.1, -0.05) is 35.3 Å². The van der Waals surface area contributed by atoms with Crippen LogP contribution in [0.3, 0.4) is 0 Å². The van der Waals surface area contributed by atoms with Crippen molar-refractivity contribution in [2.45, 2.75) is 13.2 Å². The predicted octanol–water partition coefficient (Wildman–Crippen LogP) is 5.26. The van der Waals surface area contributed by atoms with E-state index in [2.05, 4.69) is 4.90 Å². The summed E-state index contributed by atoms with van der Waals surface area (Å²) in [7, 11) is 0. The van der Waals surface area contributed by atoms with Crippen LogP contribution in [0.25, 0.3) is 0 Å². The quantitative estimate of drug-likeness (QED) is 0.500.